The van der Waals surface area contributed by atoms with E-state index in [2.05, 4.69) is 72.6 Å². The molecule has 0 atom stereocenters. The van der Waals surface area contributed by atoms with Gasteiger partial charge < -0.3 is 5.32 Å². The highest BCUT2D eigenvalue weighted by molar-refractivity contribution is 6.38. The number of nitrogens with zero attached hydrogens (tertiary/aromatic N) is 1. The van der Waals surface area contributed by atoms with Crippen molar-refractivity contribution < 1.29 is 0 Å². The SMILES string of the molecule is [B]c1cc([B])cc(NC2CN(C(c3ccc(C)cc3)c3ccc(C)cc3)C2)c1. The van der Waals surface area contributed by atoms with Gasteiger partial charge in [-0.25, -0.2) is 0 Å². The lowest BCUT2D eigenvalue weighted by molar-refractivity contribution is 0.123. The highest BCUT2D eigenvalue weighted by Gasteiger charge is 2.34. The molecule has 1 N–H and O–H groups in total. The van der Waals surface area contributed by atoms with Gasteiger partial charge in [-0.3, -0.25) is 4.90 Å². The Kier molecular flexibility index (Phi) is 5.32. The maximum absolute atomic E-state index is 5.92. The lowest BCUT2D eigenvalue weighted by Gasteiger charge is -2.45. The maximum atomic E-state index is 5.92. The molecular weight excluding hydrogens is 338 g/mol. The lowest BCUT2D eigenvalue weighted by Crippen LogP contribution is -2.56. The van der Waals surface area contributed by atoms with Crippen LogP contribution in [0.4, 0.5) is 5.69 Å². The molecule has 0 aliphatic carbocycles. The van der Waals surface area contributed by atoms with E-state index in [0.717, 1.165) is 18.8 Å². The molecule has 3 aromatic carbocycles. The van der Waals surface area contributed by atoms with Gasteiger partial charge in [-0.1, -0.05) is 76.6 Å². The topological polar surface area (TPSA) is 15.3 Å². The summed E-state index contributed by atoms with van der Waals surface area (Å²) in [5.41, 5.74) is 7.61. The van der Waals surface area contributed by atoms with E-state index in [0.29, 0.717) is 17.0 Å². The lowest BCUT2D eigenvalue weighted by atomic mass is 9.86. The van der Waals surface area contributed by atoms with Crippen molar-refractivity contribution in [3.63, 3.8) is 0 Å². The first kappa shape index (κ1) is 18.9. The summed E-state index contributed by atoms with van der Waals surface area (Å²) < 4.78 is 0. The number of rotatable bonds is 5. The summed E-state index contributed by atoms with van der Waals surface area (Å²) in [5, 5.41) is 3.56. The Hall–Kier alpha value is -2.45. The first-order valence-electron chi connectivity index (χ1n) is 9.78. The zero-order valence-corrected chi connectivity index (χ0v) is 16.5. The van der Waals surface area contributed by atoms with Gasteiger partial charge >= 0.3 is 0 Å². The Morgan fingerprint density at radius 3 is 1.71 bits per heavy atom. The molecule has 1 heterocycles. The van der Waals surface area contributed by atoms with Crippen LogP contribution in [0.15, 0.2) is 66.7 Å². The molecule has 28 heavy (non-hydrogen) atoms. The van der Waals surface area contributed by atoms with Gasteiger partial charge in [-0.05, 0) is 37.1 Å². The van der Waals surface area contributed by atoms with Crippen molar-refractivity contribution in [2.75, 3.05) is 18.4 Å². The molecule has 0 spiro atoms. The van der Waals surface area contributed by atoms with Crippen molar-refractivity contribution in [2.45, 2.75) is 25.9 Å². The molecule has 2 nitrogen and oxygen atoms in total. The smallest absolute Gasteiger partial charge is 0.113 e. The van der Waals surface area contributed by atoms with Gasteiger partial charge in [-0.2, -0.15) is 0 Å². The fraction of sp³-hybridized carbons (Fsp3) is 0.250. The van der Waals surface area contributed by atoms with Gasteiger partial charge in [0, 0.05) is 18.8 Å². The second kappa shape index (κ2) is 7.89. The quantitative estimate of drug-likeness (QED) is 0.703. The highest BCUT2D eigenvalue weighted by Crippen LogP contribution is 2.33. The average Bonchev–Trinajstić information content (AvgIpc) is 2.62. The van der Waals surface area contributed by atoms with Gasteiger partial charge in [0.1, 0.15) is 15.7 Å². The number of hydrogen-bond donors (Lipinski definition) is 1. The van der Waals surface area contributed by atoms with Crippen LogP contribution in [0.2, 0.25) is 0 Å². The fourth-order valence-corrected chi connectivity index (χ4v) is 3.92. The van der Waals surface area contributed by atoms with Crippen molar-refractivity contribution in [1.29, 1.82) is 0 Å². The van der Waals surface area contributed by atoms with E-state index < -0.39 is 0 Å². The summed E-state index contributed by atoms with van der Waals surface area (Å²) in [6.45, 7) is 6.21. The Bertz CT molecular complexity index is 880. The van der Waals surface area contributed by atoms with E-state index >= 15 is 0 Å². The third-order valence-corrected chi connectivity index (χ3v) is 5.41. The van der Waals surface area contributed by atoms with Gasteiger partial charge in [-0.15, -0.1) is 0 Å². The summed E-state index contributed by atoms with van der Waals surface area (Å²) >= 11 is 0. The van der Waals surface area contributed by atoms with Crippen LogP contribution < -0.4 is 16.2 Å². The first-order valence-corrected chi connectivity index (χ1v) is 9.78. The van der Waals surface area contributed by atoms with Gasteiger partial charge in [0.15, 0.2) is 0 Å². The zero-order chi connectivity index (χ0) is 19.7. The van der Waals surface area contributed by atoms with Crippen LogP contribution >= 0.6 is 0 Å². The molecule has 3 aromatic rings. The number of nitrogens with one attached hydrogen (secondary N) is 1. The summed E-state index contributed by atoms with van der Waals surface area (Å²) in [6, 6.07) is 24.1. The highest BCUT2D eigenvalue weighted by atomic mass is 15.3. The Labute approximate surface area is 170 Å². The molecule has 1 aliphatic heterocycles. The second-order valence-corrected chi connectivity index (χ2v) is 7.91. The summed E-state index contributed by atoms with van der Waals surface area (Å²) in [4.78, 5) is 2.52. The van der Waals surface area contributed by atoms with Crippen LogP contribution in [0, 0.1) is 13.8 Å². The van der Waals surface area contributed by atoms with Crippen molar-refractivity contribution >= 4 is 32.3 Å². The molecular formula is C24H24B2N2. The van der Waals surface area contributed by atoms with E-state index in [-0.39, 0.29) is 6.04 Å². The molecule has 0 amide bonds. The largest absolute Gasteiger partial charge is 0.380 e. The molecule has 1 saturated heterocycles. The fourth-order valence-electron chi connectivity index (χ4n) is 3.92. The standard InChI is InChI=1S/C24H24B2N2/c1-16-3-7-18(8-4-16)24(19-9-5-17(2)6-10-19)28-14-23(15-28)27-22-12-20(25)11-21(26)13-22/h3-13,23-24,27H,14-15H2,1-2H3. The monoisotopic (exact) mass is 362 g/mol. The van der Waals surface area contributed by atoms with Crippen molar-refractivity contribution in [2.24, 2.45) is 0 Å². The first-order chi connectivity index (χ1) is 13.5. The Morgan fingerprint density at radius 1 is 0.786 bits per heavy atom. The van der Waals surface area contributed by atoms with Gasteiger partial charge in [0.25, 0.3) is 0 Å². The number of benzene rings is 3. The third-order valence-electron chi connectivity index (χ3n) is 5.41. The van der Waals surface area contributed by atoms with Crippen LogP contribution in [0.5, 0.6) is 0 Å². The van der Waals surface area contributed by atoms with Crippen molar-refractivity contribution in [1.82, 2.24) is 4.90 Å². The predicted molar refractivity (Wildman–Crippen MR) is 120 cm³/mol. The Balaban J connectivity index is 1.52. The van der Waals surface area contributed by atoms with Gasteiger partial charge in [0.2, 0.25) is 0 Å². The van der Waals surface area contributed by atoms with Crippen LogP contribution in [-0.4, -0.2) is 39.7 Å². The maximum Gasteiger partial charge on any atom is 0.113 e. The molecule has 0 saturated carbocycles. The summed E-state index contributed by atoms with van der Waals surface area (Å²) in [6.07, 6.45) is 0. The third kappa shape index (κ3) is 4.18. The van der Waals surface area contributed by atoms with Crippen LogP contribution in [-0.2, 0) is 0 Å². The van der Waals surface area contributed by atoms with E-state index in [1.54, 1.807) is 6.07 Å². The molecule has 4 rings (SSSR count). The minimum atomic E-state index is 0.269. The Morgan fingerprint density at radius 2 is 1.25 bits per heavy atom. The number of hydrogen-bond acceptors (Lipinski definition) is 2. The minimum Gasteiger partial charge on any atom is -0.380 e. The molecule has 4 heteroatoms. The van der Waals surface area contributed by atoms with Gasteiger partial charge in [0.05, 0.1) is 12.1 Å². The van der Waals surface area contributed by atoms with E-state index in [4.69, 9.17) is 15.7 Å². The molecule has 0 unspecified atom stereocenters. The minimum absolute atomic E-state index is 0.269. The van der Waals surface area contributed by atoms with E-state index in [1.807, 2.05) is 12.1 Å². The average molecular weight is 362 g/mol. The van der Waals surface area contributed by atoms with E-state index in [1.165, 1.54) is 22.3 Å². The zero-order valence-electron chi connectivity index (χ0n) is 16.5. The molecule has 1 fully saturated rings. The predicted octanol–water partition coefficient (Wildman–Crippen LogP) is 2.78. The summed E-state index contributed by atoms with van der Waals surface area (Å²) in [5.74, 6) is 0. The number of aryl methyl sites for hydroxylation is 2. The van der Waals surface area contributed by atoms with Crippen LogP contribution in [0.25, 0.3) is 0 Å². The van der Waals surface area contributed by atoms with Crippen molar-refractivity contribution in [3.8, 4) is 0 Å². The summed E-state index contributed by atoms with van der Waals surface area (Å²) in [7, 11) is 11.8. The van der Waals surface area contributed by atoms with E-state index in [9.17, 15) is 0 Å². The van der Waals surface area contributed by atoms with Crippen LogP contribution in [0.1, 0.15) is 28.3 Å². The normalized spacial score (nSPS) is 14.8. The molecule has 0 bridgehead atoms. The number of anilines is 1. The second-order valence-electron chi connectivity index (χ2n) is 7.91. The van der Waals surface area contributed by atoms with Crippen molar-refractivity contribution in [3.05, 3.63) is 89.0 Å². The number of likely N-dealkylation sites (tertiary alicyclic amines) is 1. The van der Waals surface area contributed by atoms with Crippen LogP contribution in [0.3, 0.4) is 0 Å². The molecule has 0 aromatic heterocycles. The molecule has 1 aliphatic rings. The molecule has 136 valence electrons. The molecule has 4 radical (unpaired) electrons.